The third-order valence-electron chi connectivity index (χ3n) is 15.9. The summed E-state index contributed by atoms with van der Waals surface area (Å²) in [5, 5.41) is 37.6. The van der Waals surface area contributed by atoms with Crippen LogP contribution in [0.4, 0.5) is 11.6 Å². The van der Waals surface area contributed by atoms with Gasteiger partial charge in [-0.15, -0.1) is 0 Å². The lowest BCUT2D eigenvalue weighted by atomic mass is 9.89. The average Bonchev–Trinajstić information content (AvgIpc) is 4.26. The summed E-state index contributed by atoms with van der Waals surface area (Å²) in [5.74, 6) is 1.46. The van der Waals surface area contributed by atoms with E-state index < -0.39 is 18.1 Å². The number of aliphatic hydroxyl groups is 1. The number of nitrogens with zero attached hydrogens (tertiary/aromatic N) is 11. The van der Waals surface area contributed by atoms with Crippen molar-refractivity contribution in [1.82, 2.24) is 54.2 Å². The number of aliphatic hydroxyl groups excluding tert-OH is 1. The highest BCUT2D eigenvalue weighted by molar-refractivity contribution is 5.91. The number of likely N-dealkylation sites (tertiary alicyclic amines) is 2. The van der Waals surface area contributed by atoms with Crippen LogP contribution in [0.25, 0.3) is 39.4 Å². The summed E-state index contributed by atoms with van der Waals surface area (Å²) >= 11 is 0. The molecule has 19 heteroatoms. The number of rotatable bonds is 15. The second kappa shape index (κ2) is 20.7. The number of hydrogen-bond donors (Lipinski definition) is 4. The van der Waals surface area contributed by atoms with Gasteiger partial charge in [-0.2, -0.15) is 15.2 Å². The van der Waals surface area contributed by atoms with Crippen LogP contribution in [0.2, 0.25) is 0 Å². The predicted molar refractivity (Wildman–Crippen MR) is 279 cm³/mol. The maximum atomic E-state index is 14.4. The number of β-amino-alcohol motifs (C(OH)–C–C–N with tert-alkyl or cyclic N) is 1. The number of fused-ring (bicyclic) bond motifs is 1. The van der Waals surface area contributed by atoms with Gasteiger partial charge in [-0.1, -0.05) is 55.4 Å². The first-order valence-corrected chi connectivity index (χ1v) is 26.3. The maximum Gasteiger partial charge on any atom is 0.243 e. The Morgan fingerprint density at radius 2 is 1.65 bits per heavy atom. The fourth-order valence-electron chi connectivity index (χ4n) is 11.5. The molecule has 3 saturated heterocycles. The number of carbonyl (C=O) groups excluding carboxylic acids is 2. The van der Waals surface area contributed by atoms with E-state index in [1.54, 1.807) is 18.3 Å². The molecule has 5 aromatic heterocycles. The number of para-hydroxylation sites is 1. The molecule has 1 aliphatic carbocycles. The van der Waals surface area contributed by atoms with Crippen LogP contribution in [0.3, 0.4) is 0 Å². The molecule has 0 spiro atoms. The van der Waals surface area contributed by atoms with Gasteiger partial charge in [-0.05, 0) is 86.6 Å². The van der Waals surface area contributed by atoms with E-state index in [2.05, 4.69) is 35.3 Å². The molecule has 1 saturated carbocycles. The number of amides is 2. The minimum atomic E-state index is -0.806. The molecule has 4 atom stereocenters. The molecule has 2 amide bonds. The van der Waals surface area contributed by atoms with Crippen molar-refractivity contribution in [3.8, 4) is 39.4 Å². The number of hydrogen-bond acceptors (Lipinski definition) is 14. The van der Waals surface area contributed by atoms with Gasteiger partial charge in [0.1, 0.15) is 23.5 Å². The van der Waals surface area contributed by atoms with E-state index in [0.29, 0.717) is 34.5 Å². The second-order valence-electron chi connectivity index (χ2n) is 21.3. The Hall–Kier alpha value is -7.09. The fraction of sp³-hybridized carbons (Fsp3) is 0.473. The summed E-state index contributed by atoms with van der Waals surface area (Å²) < 4.78 is 18.2. The van der Waals surface area contributed by atoms with Crippen LogP contribution in [0, 0.1) is 11.8 Å². The Bertz CT molecular complexity index is 3080. The minimum Gasteiger partial charge on any atom is -0.507 e. The average molecular weight is 1010 g/mol. The van der Waals surface area contributed by atoms with Crippen LogP contribution in [0.1, 0.15) is 95.0 Å². The first-order chi connectivity index (χ1) is 35.8. The number of piperidine rings is 2. The van der Waals surface area contributed by atoms with E-state index in [1.807, 2.05) is 115 Å². The van der Waals surface area contributed by atoms with Crippen molar-refractivity contribution in [1.29, 1.82) is 0 Å². The molecule has 0 bridgehead atoms. The molecule has 19 nitrogen and oxygen atoms in total. The van der Waals surface area contributed by atoms with Crippen LogP contribution >= 0.6 is 0 Å². The second-order valence-corrected chi connectivity index (χ2v) is 21.3. The zero-order chi connectivity index (χ0) is 51.2. The lowest BCUT2D eigenvalue weighted by Crippen LogP contribution is -2.48. The topological polar surface area (TPSA) is 223 Å². The SMILES string of the molecule is CC(C)[C@@H](C(=O)N1C[C@H](O)C[C@H]1C(=O)N[C@@H](C)c1ccc(-c2ccnn2C)cc1)c1cc(N2CCC(CN3CCC(OC4CC(n5cc(-c6cn7cc(-c8ccccc8O)nc7nc6N)cn5)C4)CC3)CC2)no1. The molecule has 11 rings (SSSR count). The lowest BCUT2D eigenvalue weighted by Gasteiger charge is -2.41. The fourth-order valence-corrected chi connectivity index (χ4v) is 11.5. The van der Waals surface area contributed by atoms with Gasteiger partial charge in [-0.25, -0.2) is 4.98 Å². The Morgan fingerprint density at radius 3 is 2.38 bits per heavy atom. The third kappa shape index (κ3) is 10.1. The number of phenolic OH excluding ortho intramolecular Hbond substituents is 1. The zero-order valence-corrected chi connectivity index (χ0v) is 42.6. The highest BCUT2D eigenvalue weighted by atomic mass is 16.5. The van der Waals surface area contributed by atoms with Crippen LogP contribution in [0.5, 0.6) is 5.75 Å². The number of ether oxygens (including phenoxy) is 1. The number of imidazole rings is 1. The van der Waals surface area contributed by atoms with Gasteiger partial charge in [0, 0.05) is 100 Å². The number of aryl methyl sites for hydroxylation is 1. The highest BCUT2D eigenvalue weighted by Crippen LogP contribution is 2.39. The van der Waals surface area contributed by atoms with Crippen molar-refractivity contribution in [2.45, 2.75) is 108 Å². The van der Waals surface area contributed by atoms with Crippen LogP contribution in [-0.2, 0) is 21.4 Å². The standard InChI is InChI=1S/C55H67N13O6/c1-33(2)51(54(72)67-30-40(69)25-47(67)53(71)59-34(3)36-9-11-37(12-10-36)46-13-18-57-63(46)4)49-26-50(62-74-49)65-21-14-35(15-22-65)28-64-19-16-41(17-20-64)73-42-23-39(24-42)68-29-38(27-58-68)44-31-66-32-45(60-55(66)61-52(44)56)43-7-5-6-8-48(43)70/h5-13,18,26-27,29,31-35,39-42,47,51,69-70H,14-17,19-25,28,30H2,1-4H3,(H,59,71)(H2,56,60,61)/t34-,39?,40+,42?,47-,51+/m0/s1. The lowest BCUT2D eigenvalue weighted by molar-refractivity contribution is -0.141. The molecule has 3 aliphatic heterocycles. The van der Waals surface area contributed by atoms with Gasteiger partial charge in [-0.3, -0.25) is 23.4 Å². The molecular formula is C55H67N13O6. The normalized spacial score (nSPS) is 21.9. The number of nitrogen functional groups attached to an aromatic ring is 1. The van der Waals surface area contributed by atoms with Crippen molar-refractivity contribution < 1.29 is 29.1 Å². The summed E-state index contributed by atoms with van der Waals surface area (Å²) in [6.45, 7) is 10.8. The smallest absolute Gasteiger partial charge is 0.243 e. The molecule has 5 N–H and O–H groups in total. The number of phenols is 1. The number of aromatic hydroxyl groups is 1. The number of nitrogens with one attached hydrogen (secondary N) is 1. The van der Waals surface area contributed by atoms with Gasteiger partial charge in [0.2, 0.25) is 17.6 Å². The third-order valence-corrected chi connectivity index (χ3v) is 15.9. The first-order valence-electron chi connectivity index (χ1n) is 26.3. The molecular weight excluding hydrogens is 939 g/mol. The molecule has 0 radical (unpaired) electrons. The van der Waals surface area contributed by atoms with E-state index in [4.69, 9.17) is 20.1 Å². The monoisotopic (exact) mass is 1010 g/mol. The Morgan fingerprint density at radius 1 is 0.878 bits per heavy atom. The Balaban J connectivity index is 0.617. The molecule has 4 fully saturated rings. The summed E-state index contributed by atoms with van der Waals surface area (Å²) in [5.41, 5.74) is 12.3. The van der Waals surface area contributed by atoms with E-state index in [1.165, 1.54) is 4.90 Å². The van der Waals surface area contributed by atoms with E-state index in [-0.39, 0.29) is 60.7 Å². The van der Waals surface area contributed by atoms with Crippen molar-refractivity contribution >= 4 is 29.2 Å². The quantitative estimate of drug-likeness (QED) is 0.0848. The van der Waals surface area contributed by atoms with Crippen LogP contribution in [-0.4, -0.2) is 135 Å². The Labute approximate surface area is 430 Å². The zero-order valence-electron chi connectivity index (χ0n) is 42.6. The van der Waals surface area contributed by atoms with Gasteiger partial charge < -0.3 is 45.2 Å². The molecule has 388 valence electrons. The summed E-state index contributed by atoms with van der Waals surface area (Å²) in [7, 11) is 1.90. The molecule has 8 heterocycles. The predicted octanol–water partition coefficient (Wildman–Crippen LogP) is 6.62. The number of carbonyl (C=O) groups is 2. The molecule has 7 aromatic rings. The number of nitrogens with two attached hydrogens (primary N) is 1. The van der Waals surface area contributed by atoms with Gasteiger partial charge in [0.25, 0.3) is 0 Å². The first kappa shape index (κ1) is 49.1. The van der Waals surface area contributed by atoms with E-state index in [9.17, 15) is 19.8 Å². The number of benzene rings is 2. The summed E-state index contributed by atoms with van der Waals surface area (Å²) in [6.07, 6.45) is 15.2. The van der Waals surface area contributed by atoms with Crippen LogP contribution in [0.15, 0.2) is 96.2 Å². The number of aromatic nitrogens is 8. The molecule has 2 aromatic carbocycles. The molecule has 0 unspecified atom stereocenters. The van der Waals surface area contributed by atoms with Crippen molar-refractivity contribution in [2.24, 2.45) is 18.9 Å². The Kier molecular flexibility index (Phi) is 13.7. The largest absolute Gasteiger partial charge is 0.507 e. The van der Waals surface area contributed by atoms with Crippen LogP contribution < -0.4 is 16.0 Å². The van der Waals surface area contributed by atoms with Gasteiger partial charge >= 0.3 is 0 Å². The van der Waals surface area contributed by atoms with E-state index in [0.717, 1.165) is 105 Å². The van der Waals surface area contributed by atoms with Crippen molar-refractivity contribution in [3.63, 3.8) is 0 Å². The molecule has 4 aliphatic rings. The molecule has 74 heavy (non-hydrogen) atoms. The summed E-state index contributed by atoms with van der Waals surface area (Å²) in [4.78, 5) is 43.7. The van der Waals surface area contributed by atoms with Crippen molar-refractivity contribution in [2.75, 3.05) is 49.9 Å². The maximum absolute atomic E-state index is 14.4. The number of anilines is 2. The summed E-state index contributed by atoms with van der Waals surface area (Å²) in [6, 6.07) is 18.1. The van der Waals surface area contributed by atoms with Crippen molar-refractivity contribution in [3.05, 3.63) is 103 Å². The van der Waals surface area contributed by atoms with Gasteiger partial charge in [0.05, 0.1) is 48.0 Å². The minimum absolute atomic E-state index is 0.0805. The van der Waals surface area contributed by atoms with E-state index >= 15 is 0 Å². The highest BCUT2D eigenvalue weighted by Gasteiger charge is 2.44. The van der Waals surface area contributed by atoms with Gasteiger partial charge in [0.15, 0.2) is 11.6 Å².